The third-order valence-electron chi connectivity index (χ3n) is 1.93. The number of hydrogen-bond donors (Lipinski definition) is 0. The average Bonchev–Trinajstić information content (AvgIpc) is 2.16. The fraction of sp³-hybridized carbons (Fsp3) is 0.909. The van der Waals surface area contributed by atoms with Crippen molar-refractivity contribution in [1.82, 2.24) is 0 Å². The highest BCUT2D eigenvalue weighted by Crippen LogP contribution is 2.20. The molecule has 0 aliphatic carbocycles. The summed E-state index contributed by atoms with van der Waals surface area (Å²) in [6, 6.07) is 0.806. The molecule has 0 bridgehead atoms. The smallest absolute Gasteiger partial charge is 0.374 e. The Labute approximate surface area is 95.5 Å². The van der Waals surface area contributed by atoms with Crippen molar-refractivity contribution in [3.63, 3.8) is 0 Å². The Bertz CT molecular complexity index is 134. The van der Waals surface area contributed by atoms with Crippen LogP contribution in [-0.2, 0) is 13.3 Å². The van der Waals surface area contributed by atoms with Gasteiger partial charge in [0.1, 0.15) is 0 Å². The molecule has 91 valence electrons. The molecule has 0 unspecified atom stereocenters. The van der Waals surface area contributed by atoms with Gasteiger partial charge in [0.2, 0.25) is 0 Å². The van der Waals surface area contributed by atoms with Gasteiger partial charge in [-0.2, -0.15) is 0 Å². The minimum Gasteiger partial charge on any atom is -0.374 e. The van der Waals surface area contributed by atoms with Crippen LogP contribution in [0.3, 0.4) is 0 Å². The molecule has 0 saturated carbocycles. The lowest BCUT2D eigenvalue weighted by Crippen LogP contribution is -2.46. The van der Waals surface area contributed by atoms with Crippen LogP contribution in [0.1, 0.15) is 34.6 Å². The van der Waals surface area contributed by atoms with Crippen molar-refractivity contribution >= 4 is 8.80 Å². The van der Waals surface area contributed by atoms with Crippen molar-refractivity contribution in [3.8, 4) is 0 Å². The topological polar surface area (TPSA) is 27.7 Å². The fourth-order valence-electron chi connectivity index (χ4n) is 1.34. The van der Waals surface area contributed by atoms with Crippen LogP contribution in [0.25, 0.3) is 0 Å². The van der Waals surface area contributed by atoms with E-state index < -0.39 is 8.80 Å². The molecule has 0 heterocycles. The van der Waals surface area contributed by atoms with Crippen molar-refractivity contribution < 1.29 is 13.3 Å². The standard InChI is InChI=1S/C11H25O3Si/c1-6-12-15(13-7-2,14-8-3)10-9-11(4)5/h9,11H,6-8,10H2,1-5H3. The minimum absolute atomic E-state index is 0.540. The van der Waals surface area contributed by atoms with Crippen LogP contribution in [0.2, 0.25) is 6.04 Å². The molecule has 1 radical (unpaired) electrons. The Hall–Kier alpha value is 0.0969. The first kappa shape index (κ1) is 15.1. The van der Waals surface area contributed by atoms with Crippen molar-refractivity contribution in [2.75, 3.05) is 19.8 Å². The van der Waals surface area contributed by atoms with Gasteiger partial charge in [0, 0.05) is 25.9 Å². The zero-order chi connectivity index (χ0) is 11.7. The van der Waals surface area contributed by atoms with Gasteiger partial charge >= 0.3 is 8.80 Å². The van der Waals surface area contributed by atoms with Gasteiger partial charge < -0.3 is 13.3 Å². The Morgan fingerprint density at radius 2 is 1.33 bits per heavy atom. The van der Waals surface area contributed by atoms with Gasteiger partial charge in [-0.05, 0) is 33.1 Å². The Morgan fingerprint density at radius 3 is 1.60 bits per heavy atom. The largest absolute Gasteiger partial charge is 0.501 e. The number of rotatable bonds is 9. The molecule has 0 aromatic rings. The molecule has 15 heavy (non-hydrogen) atoms. The monoisotopic (exact) mass is 233 g/mol. The summed E-state index contributed by atoms with van der Waals surface area (Å²) in [5.41, 5.74) is 0. The second-order valence-corrected chi connectivity index (χ2v) is 6.31. The van der Waals surface area contributed by atoms with E-state index in [9.17, 15) is 0 Å². The molecule has 3 nitrogen and oxygen atoms in total. The Morgan fingerprint density at radius 1 is 0.933 bits per heavy atom. The summed E-state index contributed by atoms with van der Waals surface area (Å²) < 4.78 is 17.2. The first-order chi connectivity index (χ1) is 7.10. The van der Waals surface area contributed by atoms with E-state index in [0.29, 0.717) is 25.7 Å². The summed E-state index contributed by atoms with van der Waals surface area (Å²) in [4.78, 5) is 0. The van der Waals surface area contributed by atoms with Crippen LogP contribution in [0.4, 0.5) is 0 Å². The van der Waals surface area contributed by atoms with Crippen molar-refractivity contribution in [2.45, 2.75) is 40.7 Å². The quantitative estimate of drug-likeness (QED) is 0.573. The molecule has 0 N–H and O–H groups in total. The minimum atomic E-state index is -2.41. The summed E-state index contributed by atoms with van der Waals surface area (Å²) in [6.45, 7) is 12.2. The highest BCUT2D eigenvalue weighted by molar-refractivity contribution is 6.61. The third kappa shape index (κ3) is 6.30. The van der Waals surface area contributed by atoms with Gasteiger partial charge in [-0.1, -0.05) is 13.8 Å². The summed E-state index contributed by atoms with van der Waals surface area (Å²) in [5, 5.41) is 0. The lowest BCUT2D eigenvalue weighted by molar-refractivity contribution is 0.0728. The molecular formula is C11H25O3Si. The van der Waals surface area contributed by atoms with Gasteiger partial charge in [-0.3, -0.25) is 0 Å². The van der Waals surface area contributed by atoms with Crippen LogP contribution >= 0.6 is 0 Å². The van der Waals surface area contributed by atoms with Gasteiger partial charge in [0.25, 0.3) is 0 Å². The van der Waals surface area contributed by atoms with Crippen molar-refractivity contribution in [2.24, 2.45) is 5.92 Å². The summed E-state index contributed by atoms with van der Waals surface area (Å²) in [5.74, 6) is 0.540. The molecule has 0 saturated heterocycles. The maximum Gasteiger partial charge on any atom is 0.501 e. The molecule has 4 heteroatoms. The Kier molecular flexibility index (Phi) is 8.33. The van der Waals surface area contributed by atoms with Crippen LogP contribution < -0.4 is 0 Å². The highest BCUT2D eigenvalue weighted by atomic mass is 28.4. The zero-order valence-electron chi connectivity index (χ0n) is 10.7. The van der Waals surface area contributed by atoms with Crippen LogP contribution in [0.15, 0.2) is 0 Å². The van der Waals surface area contributed by atoms with E-state index in [4.69, 9.17) is 13.3 Å². The molecule has 0 amide bonds. The van der Waals surface area contributed by atoms with E-state index in [1.165, 1.54) is 0 Å². The lowest BCUT2D eigenvalue weighted by atomic mass is 10.2. The molecule has 0 aliphatic rings. The molecular weight excluding hydrogens is 208 g/mol. The second-order valence-electron chi connectivity index (χ2n) is 3.67. The van der Waals surface area contributed by atoms with Gasteiger partial charge in [-0.15, -0.1) is 0 Å². The van der Waals surface area contributed by atoms with Gasteiger partial charge in [0.15, 0.2) is 0 Å². The molecule has 0 fully saturated rings. The normalized spacial score (nSPS) is 12.4. The van der Waals surface area contributed by atoms with E-state index in [0.717, 1.165) is 6.04 Å². The maximum absolute atomic E-state index is 5.72. The highest BCUT2D eigenvalue weighted by Gasteiger charge is 2.39. The molecule has 0 aliphatic heterocycles. The molecule has 0 spiro atoms. The molecule has 0 rings (SSSR count). The van der Waals surface area contributed by atoms with Crippen molar-refractivity contribution in [1.29, 1.82) is 0 Å². The summed E-state index contributed by atoms with van der Waals surface area (Å²) in [7, 11) is -2.41. The van der Waals surface area contributed by atoms with Gasteiger partial charge in [-0.25, -0.2) is 0 Å². The Balaban J connectivity index is 4.31. The van der Waals surface area contributed by atoms with Crippen LogP contribution in [0.5, 0.6) is 0 Å². The SMILES string of the molecule is CCO[Si](C[CH]C(C)C)(OCC)OCC. The predicted octanol–water partition coefficient (Wildman–Crippen LogP) is 2.90. The zero-order valence-corrected chi connectivity index (χ0v) is 11.7. The van der Waals surface area contributed by atoms with Crippen molar-refractivity contribution in [3.05, 3.63) is 6.42 Å². The molecule has 0 atom stereocenters. The predicted molar refractivity (Wildman–Crippen MR) is 64.6 cm³/mol. The third-order valence-corrected chi connectivity index (χ3v) is 4.85. The number of hydrogen-bond acceptors (Lipinski definition) is 3. The first-order valence-electron chi connectivity index (χ1n) is 5.85. The maximum atomic E-state index is 5.72. The van der Waals surface area contributed by atoms with Crippen LogP contribution in [0, 0.1) is 12.3 Å². The molecule has 0 aromatic heterocycles. The van der Waals surface area contributed by atoms with E-state index in [-0.39, 0.29) is 0 Å². The van der Waals surface area contributed by atoms with Crippen LogP contribution in [-0.4, -0.2) is 28.6 Å². The van der Waals surface area contributed by atoms with E-state index in [1.54, 1.807) is 0 Å². The lowest BCUT2D eigenvalue weighted by Gasteiger charge is -2.28. The summed E-state index contributed by atoms with van der Waals surface area (Å²) >= 11 is 0. The second kappa shape index (κ2) is 8.27. The first-order valence-corrected chi connectivity index (χ1v) is 7.78. The summed E-state index contributed by atoms with van der Waals surface area (Å²) in [6.07, 6.45) is 2.22. The van der Waals surface area contributed by atoms with E-state index in [1.807, 2.05) is 20.8 Å². The van der Waals surface area contributed by atoms with E-state index >= 15 is 0 Å². The average molecular weight is 233 g/mol. The van der Waals surface area contributed by atoms with Gasteiger partial charge in [0.05, 0.1) is 0 Å². The fourth-order valence-corrected chi connectivity index (χ4v) is 4.02. The van der Waals surface area contributed by atoms with E-state index in [2.05, 4.69) is 20.3 Å². The molecule has 0 aromatic carbocycles.